The highest BCUT2D eigenvalue weighted by molar-refractivity contribution is 5.84. The van der Waals surface area contributed by atoms with Gasteiger partial charge >= 0.3 is 5.97 Å². The maximum atomic E-state index is 11.4. The van der Waals surface area contributed by atoms with Crippen molar-refractivity contribution >= 4 is 16.9 Å². The molecule has 0 aliphatic carbocycles. The fourth-order valence-electron chi connectivity index (χ4n) is 2.21. The topological polar surface area (TPSA) is 81.0 Å². The van der Waals surface area contributed by atoms with Gasteiger partial charge in [0.25, 0.3) is 5.69 Å². The summed E-state index contributed by atoms with van der Waals surface area (Å²) < 4.78 is 12.2. The van der Waals surface area contributed by atoms with E-state index in [1.165, 1.54) is 0 Å². The first-order valence-corrected chi connectivity index (χ1v) is 7.32. The van der Waals surface area contributed by atoms with Gasteiger partial charge in [-0.2, -0.15) is 4.68 Å². The van der Waals surface area contributed by atoms with Gasteiger partial charge in [0.05, 0.1) is 6.61 Å². The van der Waals surface area contributed by atoms with Crippen molar-refractivity contribution in [2.24, 2.45) is 0 Å². The summed E-state index contributed by atoms with van der Waals surface area (Å²) in [4.78, 5) is 15.8. The lowest BCUT2D eigenvalue weighted by Crippen LogP contribution is -2.40. The number of H-pyrrole nitrogens is 1. The smallest absolute Gasteiger partial charge is 0.350 e. The van der Waals surface area contributed by atoms with Gasteiger partial charge in [0, 0.05) is 16.7 Å². The van der Waals surface area contributed by atoms with Gasteiger partial charge in [0.1, 0.15) is 11.3 Å². The molecule has 0 atom stereocenters. The number of fused-ring (bicyclic) bond motifs is 1. The molecule has 0 bridgehead atoms. The Kier molecular flexibility index (Phi) is 4.46. The van der Waals surface area contributed by atoms with Gasteiger partial charge in [-0.1, -0.05) is 23.4 Å². The molecule has 7 heteroatoms. The van der Waals surface area contributed by atoms with Crippen molar-refractivity contribution < 1.29 is 19.0 Å². The van der Waals surface area contributed by atoms with Crippen molar-refractivity contribution in [2.45, 2.75) is 20.1 Å². The second-order valence-corrected chi connectivity index (χ2v) is 4.89. The van der Waals surface area contributed by atoms with E-state index in [4.69, 9.17) is 9.47 Å². The molecule has 0 aliphatic heterocycles. The van der Waals surface area contributed by atoms with Gasteiger partial charge in [-0.15, -0.1) is 0 Å². The summed E-state index contributed by atoms with van der Waals surface area (Å²) >= 11 is 0. The van der Waals surface area contributed by atoms with E-state index in [0.29, 0.717) is 18.1 Å². The van der Waals surface area contributed by atoms with Crippen LogP contribution in [0.15, 0.2) is 42.7 Å². The van der Waals surface area contributed by atoms with Crippen molar-refractivity contribution in [3.63, 3.8) is 0 Å². The molecule has 118 valence electrons. The third-order valence-corrected chi connectivity index (χ3v) is 3.20. The minimum atomic E-state index is -0.313. The number of hydrogen-bond acceptors (Lipinski definition) is 5. The minimum Gasteiger partial charge on any atom is -0.482 e. The van der Waals surface area contributed by atoms with Crippen LogP contribution in [0, 0.1) is 0 Å². The highest BCUT2D eigenvalue weighted by atomic mass is 16.5. The van der Waals surface area contributed by atoms with E-state index in [1.807, 2.05) is 30.3 Å². The van der Waals surface area contributed by atoms with Crippen molar-refractivity contribution in [3.8, 4) is 5.75 Å². The third kappa shape index (κ3) is 3.63. The predicted octanol–water partition coefficient (Wildman–Crippen LogP) is 1.39. The number of rotatable bonds is 6. The van der Waals surface area contributed by atoms with Crippen LogP contribution < -0.4 is 9.42 Å². The van der Waals surface area contributed by atoms with E-state index < -0.39 is 0 Å². The summed E-state index contributed by atoms with van der Waals surface area (Å²) in [6.45, 7) is 2.50. The summed E-state index contributed by atoms with van der Waals surface area (Å²) in [5.74, 6) is 0.384. The Hall–Kier alpha value is -2.96. The summed E-state index contributed by atoms with van der Waals surface area (Å²) in [7, 11) is 0. The largest absolute Gasteiger partial charge is 0.482 e. The Morgan fingerprint density at radius 2 is 2.17 bits per heavy atom. The molecule has 0 amide bonds. The lowest BCUT2D eigenvalue weighted by molar-refractivity contribution is -0.743. The molecular weight excluding hydrogens is 296 g/mol. The zero-order chi connectivity index (χ0) is 16.1. The summed E-state index contributed by atoms with van der Waals surface area (Å²) in [6, 6.07) is 9.64. The molecule has 0 spiro atoms. The van der Waals surface area contributed by atoms with Crippen molar-refractivity contribution in [1.82, 2.24) is 15.3 Å². The molecule has 7 nitrogen and oxygen atoms in total. The SMILES string of the molecule is CCOC(=O)C[n+]1cc(COc2cccc3cccnc23)n[nH]1. The number of benzene rings is 1. The van der Waals surface area contributed by atoms with E-state index in [2.05, 4.69) is 15.3 Å². The van der Waals surface area contributed by atoms with E-state index >= 15 is 0 Å². The molecule has 0 aliphatic rings. The molecule has 23 heavy (non-hydrogen) atoms. The number of nitrogens with zero attached hydrogens (tertiary/aromatic N) is 3. The first-order valence-electron chi connectivity index (χ1n) is 7.32. The van der Waals surface area contributed by atoms with Gasteiger partial charge in [-0.25, -0.2) is 4.79 Å². The van der Waals surface area contributed by atoms with Crippen LogP contribution in [0.25, 0.3) is 10.9 Å². The summed E-state index contributed by atoms with van der Waals surface area (Å²) in [6.07, 6.45) is 3.45. The zero-order valence-corrected chi connectivity index (χ0v) is 12.7. The van der Waals surface area contributed by atoms with Crippen molar-refractivity contribution in [1.29, 1.82) is 0 Å². The molecule has 0 unspecified atom stereocenters. The van der Waals surface area contributed by atoms with E-state index in [-0.39, 0.29) is 19.1 Å². The average molecular weight is 313 g/mol. The molecule has 0 fully saturated rings. The number of pyridine rings is 1. The van der Waals surface area contributed by atoms with Crippen LogP contribution in [0.2, 0.25) is 0 Å². The van der Waals surface area contributed by atoms with Crippen LogP contribution in [0.3, 0.4) is 0 Å². The van der Waals surface area contributed by atoms with Crippen molar-refractivity contribution in [2.75, 3.05) is 6.61 Å². The minimum absolute atomic E-state index is 0.0939. The Bertz CT molecular complexity index is 810. The van der Waals surface area contributed by atoms with Gasteiger partial charge < -0.3 is 9.47 Å². The van der Waals surface area contributed by atoms with Crippen molar-refractivity contribution in [3.05, 3.63) is 48.4 Å². The van der Waals surface area contributed by atoms with Gasteiger partial charge in [0.2, 0.25) is 6.54 Å². The lowest BCUT2D eigenvalue weighted by atomic mass is 10.2. The number of esters is 1. The van der Waals surface area contributed by atoms with E-state index in [9.17, 15) is 4.79 Å². The Morgan fingerprint density at radius 3 is 3.04 bits per heavy atom. The molecule has 0 radical (unpaired) electrons. The molecule has 1 N–H and O–H groups in total. The third-order valence-electron chi connectivity index (χ3n) is 3.20. The average Bonchev–Trinajstić information content (AvgIpc) is 3.00. The first-order chi connectivity index (χ1) is 11.3. The molecule has 3 rings (SSSR count). The number of nitrogens with one attached hydrogen (secondary N) is 1. The monoisotopic (exact) mass is 313 g/mol. The van der Waals surface area contributed by atoms with Gasteiger partial charge in [-0.3, -0.25) is 4.98 Å². The zero-order valence-electron chi connectivity index (χ0n) is 12.7. The van der Waals surface area contributed by atoms with E-state index in [1.54, 1.807) is 24.0 Å². The first kappa shape index (κ1) is 15.0. The molecule has 2 heterocycles. The molecular formula is C16H17N4O3+. The van der Waals surface area contributed by atoms with Crippen LogP contribution in [0.4, 0.5) is 0 Å². The van der Waals surface area contributed by atoms with Crippen LogP contribution in [-0.2, 0) is 22.7 Å². The molecule has 3 aromatic rings. The number of ether oxygens (including phenoxy) is 2. The normalized spacial score (nSPS) is 10.7. The maximum absolute atomic E-state index is 11.4. The van der Waals surface area contributed by atoms with Crippen LogP contribution in [0.5, 0.6) is 5.75 Å². The van der Waals surface area contributed by atoms with Crippen LogP contribution in [0.1, 0.15) is 12.6 Å². The van der Waals surface area contributed by atoms with Gasteiger partial charge in [-0.05, 0) is 19.1 Å². The van der Waals surface area contributed by atoms with Crippen LogP contribution in [-0.4, -0.2) is 27.9 Å². The molecule has 2 aromatic heterocycles. The van der Waals surface area contributed by atoms with E-state index in [0.717, 1.165) is 10.9 Å². The Balaban J connectivity index is 1.66. The van der Waals surface area contributed by atoms with Gasteiger partial charge in [0.15, 0.2) is 12.8 Å². The quantitative estimate of drug-likeness (QED) is 0.549. The summed E-state index contributed by atoms with van der Waals surface area (Å²) in [5, 5.41) is 7.87. The summed E-state index contributed by atoms with van der Waals surface area (Å²) in [5.41, 5.74) is 1.49. The number of hydrogen-bond donors (Lipinski definition) is 1. The molecule has 0 saturated heterocycles. The Labute approximate surface area is 132 Å². The number of aromatic amines is 1. The number of carbonyl (C=O) groups excluding carboxylic acids is 1. The lowest BCUT2D eigenvalue weighted by Gasteiger charge is -2.05. The predicted molar refractivity (Wildman–Crippen MR) is 81.5 cm³/mol. The highest BCUT2D eigenvalue weighted by Crippen LogP contribution is 2.23. The fraction of sp³-hybridized carbons (Fsp3) is 0.250. The fourth-order valence-corrected chi connectivity index (χ4v) is 2.21. The second kappa shape index (κ2) is 6.87. The standard InChI is InChI=1S/C16H16N4O3/c1-2-22-15(21)10-20-9-13(18-19-20)11-23-14-7-3-5-12-6-4-8-17-16(12)14/h3-9H,2,10-11H2,1H3/p+1. The number of carbonyl (C=O) groups is 1. The maximum Gasteiger partial charge on any atom is 0.350 e. The number of para-hydroxylation sites is 1. The highest BCUT2D eigenvalue weighted by Gasteiger charge is 2.14. The Morgan fingerprint density at radius 1 is 1.30 bits per heavy atom. The van der Waals surface area contributed by atoms with Crippen LogP contribution >= 0.6 is 0 Å². The second-order valence-electron chi connectivity index (χ2n) is 4.89. The number of aromatic nitrogens is 4. The molecule has 0 saturated carbocycles. The molecule has 1 aromatic carbocycles.